The van der Waals surface area contributed by atoms with E-state index < -0.39 is 0 Å². The van der Waals surface area contributed by atoms with Crippen LogP contribution < -0.4 is 0 Å². The Morgan fingerprint density at radius 2 is 0.875 bits per heavy atom. The van der Waals surface area contributed by atoms with Crippen molar-refractivity contribution in [2.45, 2.75) is 38.5 Å². The predicted molar refractivity (Wildman–Crippen MR) is 79.1 cm³/mol. The Labute approximate surface area is 113 Å². The summed E-state index contributed by atoms with van der Waals surface area (Å²) in [5.41, 5.74) is 3.45. The maximum Gasteiger partial charge on any atom is 0.0716 e. The molecule has 0 saturated heterocycles. The third-order valence-corrected chi connectivity index (χ3v) is 9.37. The summed E-state index contributed by atoms with van der Waals surface area (Å²) in [6.07, 6.45) is 8.27. The van der Waals surface area contributed by atoms with E-state index in [2.05, 4.69) is 47.0 Å². The number of rotatable bonds is 0. The summed E-state index contributed by atoms with van der Waals surface area (Å²) in [5.74, 6) is 0. The molecule has 0 amide bonds. The third-order valence-electron chi connectivity index (χ3n) is 3.40. The lowest BCUT2D eigenvalue weighted by Crippen LogP contribution is -1.98. The van der Waals surface area contributed by atoms with Gasteiger partial charge < -0.3 is 0 Å². The summed E-state index contributed by atoms with van der Waals surface area (Å²) in [5, 5.41) is 0. The molecule has 0 spiro atoms. The van der Waals surface area contributed by atoms with Gasteiger partial charge in [-0.15, -0.1) is 0 Å². The monoisotopic (exact) mass is 284 g/mol. The summed E-state index contributed by atoms with van der Waals surface area (Å²) < 4.78 is 6.40. The zero-order valence-electron chi connectivity index (χ0n) is 8.88. The first-order chi connectivity index (χ1) is 7.90. The molecule has 0 radical (unpaired) electrons. The van der Waals surface area contributed by atoms with Crippen LogP contribution in [0, 0.1) is 0 Å². The van der Waals surface area contributed by atoms with E-state index in [-0.39, 0.29) is 0 Å². The fraction of sp³-hybridized carbons (Fsp3) is 0.500. The molecule has 2 saturated carbocycles. The van der Waals surface area contributed by atoms with Gasteiger partial charge in [0.15, 0.2) is 0 Å². The van der Waals surface area contributed by atoms with Crippen LogP contribution in [0.1, 0.15) is 38.5 Å². The van der Waals surface area contributed by atoms with Gasteiger partial charge in [0, 0.05) is 0 Å². The van der Waals surface area contributed by atoms with E-state index in [0.717, 1.165) is 0 Å². The largest absolute Gasteiger partial charge is 0.0736 e. The molecule has 0 atom stereocenters. The molecule has 2 fully saturated rings. The van der Waals surface area contributed by atoms with E-state index in [1.54, 1.807) is 28.1 Å². The van der Waals surface area contributed by atoms with Gasteiger partial charge in [-0.1, -0.05) is 47.0 Å². The lowest BCUT2D eigenvalue weighted by atomic mass is 9.94. The van der Waals surface area contributed by atoms with Gasteiger partial charge in [-0.2, -0.15) is 0 Å². The van der Waals surface area contributed by atoms with Crippen LogP contribution >= 0.6 is 47.0 Å². The predicted octanol–water partition coefficient (Wildman–Crippen LogP) is 5.86. The number of hydrogen-bond donors (Lipinski definition) is 0. The normalized spacial score (nSPS) is 28.5. The highest BCUT2D eigenvalue weighted by atomic mass is 32.3. The minimum absolute atomic E-state index is 1.36. The molecule has 0 aromatic rings. The van der Waals surface area contributed by atoms with Crippen molar-refractivity contribution in [1.29, 1.82) is 0 Å². The van der Waals surface area contributed by atoms with Crippen LogP contribution in [0.15, 0.2) is 28.1 Å². The molecule has 2 aliphatic heterocycles. The molecular weight excluding hydrogens is 272 g/mol. The molecule has 0 aromatic carbocycles. The van der Waals surface area contributed by atoms with Crippen LogP contribution in [0.4, 0.5) is 0 Å². The highest BCUT2D eigenvalue weighted by Crippen LogP contribution is 2.69. The number of hydrogen-bond acceptors (Lipinski definition) is 4. The van der Waals surface area contributed by atoms with Crippen molar-refractivity contribution in [2.24, 2.45) is 0 Å². The van der Waals surface area contributed by atoms with Crippen LogP contribution in [-0.4, -0.2) is 0 Å². The Morgan fingerprint density at radius 1 is 0.500 bits per heavy atom. The quantitative estimate of drug-likeness (QED) is 0.546. The van der Waals surface area contributed by atoms with Gasteiger partial charge in [-0.25, -0.2) is 0 Å². The van der Waals surface area contributed by atoms with Gasteiger partial charge in [0.1, 0.15) is 0 Å². The fourth-order valence-electron chi connectivity index (χ4n) is 1.99. The Hall–Kier alpha value is 0.620. The SMILES string of the molecule is C1CC(=C2SC3=C(S2)SC(=C2CCC2)S3)C1. The molecule has 84 valence electrons. The van der Waals surface area contributed by atoms with Crippen LogP contribution in [0.3, 0.4) is 0 Å². The van der Waals surface area contributed by atoms with E-state index in [0.29, 0.717) is 0 Å². The topological polar surface area (TPSA) is 0 Å². The van der Waals surface area contributed by atoms with E-state index in [1.165, 1.54) is 38.5 Å². The molecule has 2 aliphatic carbocycles. The Morgan fingerprint density at radius 3 is 1.12 bits per heavy atom. The lowest BCUT2D eigenvalue weighted by Gasteiger charge is -2.21. The van der Waals surface area contributed by atoms with Crippen molar-refractivity contribution >= 4 is 47.0 Å². The van der Waals surface area contributed by atoms with Gasteiger partial charge in [0.2, 0.25) is 0 Å². The van der Waals surface area contributed by atoms with Crippen molar-refractivity contribution in [3.05, 3.63) is 28.1 Å². The first-order valence-corrected chi connectivity index (χ1v) is 9.06. The molecule has 0 unspecified atom stereocenters. The zero-order valence-corrected chi connectivity index (χ0v) is 12.1. The maximum absolute atomic E-state index is 2.05. The minimum Gasteiger partial charge on any atom is -0.0736 e. The van der Waals surface area contributed by atoms with Crippen LogP contribution in [0.2, 0.25) is 0 Å². The van der Waals surface area contributed by atoms with Crippen molar-refractivity contribution in [2.75, 3.05) is 0 Å². The van der Waals surface area contributed by atoms with Crippen molar-refractivity contribution in [1.82, 2.24) is 0 Å². The van der Waals surface area contributed by atoms with E-state index in [9.17, 15) is 0 Å². The van der Waals surface area contributed by atoms with E-state index in [4.69, 9.17) is 0 Å². The summed E-state index contributed by atoms with van der Waals surface area (Å²) in [7, 11) is 0. The van der Waals surface area contributed by atoms with Gasteiger partial charge >= 0.3 is 0 Å². The molecule has 0 nitrogen and oxygen atoms in total. The second-order valence-corrected chi connectivity index (χ2v) is 9.59. The molecule has 4 aliphatic rings. The fourth-order valence-corrected chi connectivity index (χ4v) is 8.69. The van der Waals surface area contributed by atoms with Crippen LogP contribution in [0.25, 0.3) is 0 Å². The summed E-state index contributed by atoms with van der Waals surface area (Å²) in [6.45, 7) is 0. The smallest absolute Gasteiger partial charge is 0.0716 e. The first kappa shape index (κ1) is 10.5. The summed E-state index contributed by atoms with van der Waals surface area (Å²) in [4.78, 5) is 0. The Balaban J connectivity index is 1.53. The van der Waals surface area contributed by atoms with Gasteiger partial charge in [0.05, 0.1) is 16.9 Å². The van der Waals surface area contributed by atoms with Crippen LogP contribution in [-0.2, 0) is 0 Å². The lowest BCUT2D eigenvalue weighted by molar-refractivity contribution is 0.664. The third kappa shape index (κ3) is 1.64. The maximum atomic E-state index is 2.05. The Bertz CT molecular complexity index is 382. The molecule has 16 heavy (non-hydrogen) atoms. The average molecular weight is 284 g/mol. The second kappa shape index (κ2) is 4.08. The molecule has 4 rings (SSSR count). The molecule has 2 heterocycles. The summed E-state index contributed by atoms with van der Waals surface area (Å²) in [6, 6.07) is 0. The van der Waals surface area contributed by atoms with Crippen molar-refractivity contribution < 1.29 is 0 Å². The second-order valence-electron chi connectivity index (χ2n) is 4.47. The average Bonchev–Trinajstić information content (AvgIpc) is 2.54. The summed E-state index contributed by atoms with van der Waals surface area (Å²) >= 11 is 8.20. The standard InChI is InChI=1S/C12H12S4/c1-3-7(4-1)9-13-11-12(14-9)16-10(15-11)8-5-2-6-8/h1-6H2. The zero-order chi connectivity index (χ0) is 10.5. The van der Waals surface area contributed by atoms with E-state index >= 15 is 0 Å². The van der Waals surface area contributed by atoms with Gasteiger partial charge in [-0.05, 0) is 49.7 Å². The highest BCUT2D eigenvalue weighted by molar-refractivity contribution is 8.48. The molecule has 0 aromatic heterocycles. The Kier molecular flexibility index (Phi) is 2.68. The van der Waals surface area contributed by atoms with Crippen molar-refractivity contribution in [3.63, 3.8) is 0 Å². The highest BCUT2D eigenvalue weighted by Gasteiger charge is 2.34. The number of thioether (sulfide) groups is 4. The molecule has 0 N–H and O–H groups in total. The molecule has 4 heteroatoms. The number of allylic oxidation sites excluding steroid dienone is 2. The molecular formula is C12H12S4. The van der Waals surface area contributed by atoms with Gasteiger partial charge in [0.25, 0.3) is 0 Å². The van der Waals surface area contributed by atoms with Crippen LogP contribution in [0.5, 0.6) is 0 Å². The van der Waals surface area contributed by atoms with Gasteiger partial charge in [-0.3, -0.25) is 0 Å². The molecule has 0 bridgehead atoms. The minimum atomic E-state index is 1.36. The van der Waals surface area contributed by atoms with E-state index in [1.807, 2.05) is 0 Å². The first-order valence-electron chi connectivity index (χ1n) is 5.80. The van der Waals surface area contributed by atoms with Crippen molar-refractivity contribution in [3.8, 4) is 0 Å².